The Hall–Kier alpha value is -0.500. The van der Waals surface area contributed by atoms with E-state index in [1.54, 1.807) is 3.97 Å². The Morgan fingerprint density at radius 3 is 2.62 bits per heavy atom. The smallest absolute Gasteiger partial charge is 0.134 e. The molecule has 0 saturated carbocycles. The van der Waals surface area contributed by atoms with Crippen molar-refractivity contribution in [2.45, 2.75) is 6.92 Å². The summed E-state index contributed by atoms with van der Waals surface area (Å²) in [6.45, 7) is 2.01. The normalized spacial score (nSPS) is 9.25. The zero-order valence-corrected chi connectivity index (χ0v) is 5.60. The summed E-state index contributed by atoms with van der Waals surface area (Å²) in [5.74, 6) is 0. The molecule has 0 bridgehead atoms. The first-order chi connectivity index (χ1) is 3.80. The second-order valence-corrected chi connectivity index (χ2v) is 2.12. The van der Waals surface area contributed by atoms with Crippen molar-refractivity contribution in [1.82, 2.24) is 0 Å². The van der Waals surface area contributed by atoms with Crippen LogP contribution in [-0.2, 0) is 0 Å². The Kier molecular flexibility index (Phi) is 1.53. The van der Waals surface area contributed by atoms with Crippen LogP contribution < -0.4 is 3.97 Å². The third-order valence-electron chi connectivity index (χ3n) is 1.04. The summed E-state index contributed by atoms with van der Waals surface area (Å²) < 4.78 is 1.78. The maximum Gasteiger partial charge on any atom is 0.192 e. The maximum atomic E-state index is 4.11. The van der Waals surface area contributed by atoms with Crippen LogP contribution in [0.1, 0.15) is 5.69 Å². The minimum absolute atomic E-state index is 1.15. The van der Waals surface area contributed by atoms with Gasteiger partial charge in [0.15, 0.2) is 11.9 Å². The summed E-state index contributed by atoms with van der Waals surface area (Å²) in [5.41, 5.74) is 1.15. The first-order valence-corrected chi connectivity index (χ1v) is 2.87. The van der Waals surface area contributed by atoms with Gasteiger partial charge in [-0.15, -0.1) is 3.97 Å². The minimum Gasteiger partial charge on any atom is -0.134 e. The Labute approximate surface area is 54.5 Å². The molecule has 1 rings (SSSR count). The van der Waals surface area contributed by atoms with E-state index in [4.69, 9.17) is 0 Å². The highest BCUT2D eigenvalue weighted by Gasteiger charge is 1.93. The van der Waals surface area contributed by atoms with Crippen molar-refractivity contribution in [1.29, 1.82) is 0 Å². The molecule has 0 aromatic carbocycles. The van der Waals surface area contributed by atoms with Gasteiger partial charge >= 0.3 is 0 Å². The second-order valence-electron chi connectivity index (χ2n) is 1.69. The quantitative estimate of drug-likeness (QED) is 0.390. The largest absolute Gasteiger partial charge is 0.192 e. The van der Waals surface area contributed by atoms with E-state index >= 15 is 0 Å². The van der Waals surface area contributed by atoms with Gasteiger partial charge in [-0.1, -0.05) is 6.07 Å². The van der Waals surface area contributed by atoms with Crippen LogP contribution in [0.4, 0.5) is 0 Å². The monoisotopic (exact) mass is 126 g/mol. The SMILES string of the molecule is Cc1cccc[n+]1S. The lowest BCUT2D eigenvalue weighted by Gasteiger charge is -1.84. The van der Waals surface area contributed by atoms with Gasteiger partial charge in [0.1, 0.15) is 12.8 Å². The number of hydrogen-bond donors (Lipinski definition) is 1. The van der Waals surface area contributed by atoms with Gasteiger partial charge in [0.05, 0.1) is 0 Å². The van der Waals surface area contributed by atoms with Crippen LogP contribution in [0, 0.1) is 6.92 Å². The highest BCUT2D eigenvalue weighted by atomic mass is 32.1. The topological polar surface area (TPSA) is 3.88 Å². The van der Waals surface area contributed by atoms with Crippen LogP contribution in [0.2, 0.25) is 0 Å². The molecule has 0 radical (unpaired) electrons. The fourth-order valence-corrected chi connectivity index (χ4v) is 0.664. The van der Waals surface area contributed by atoms with Crippen molar-refractivity contribution in [2.75, 3.05) is 0 Å². The lowest BCUT2D eigenvalue weighted by molar-refractivity contribution is -0.497. The van der Waals surface area contributed by atoms with E-state index in [9.17, 15) is 0 Å². The maximum absolute atomic E-state index is 4.11. The van der Waals surface area contributed by atoms with Crippen molar-refractivity contribution < 1.29 is 3.97 Å². The molecule has 0 fully saturated rings. The molecule has 0 aliphatic carbocycles. The Balaban J connectivity index is 3.13. The molecule has 2 heteroatoms. The molecule has 1 nitrogen and oxygen atoms in total. The molecule has 0 saturated heterocycles. The molecule has 1 aromatic rings. The molecule has 0 amide bonds. The molecule has 1 heterocycles. The van der Waals surface area contributed by atoms with Gasteiger partial charge in [-0.05, 0) is 0 Å². The molecule has 1 aromatic heterocycles. The van der Waals surface area contributed by atoms with Crippen molar-refractivity contribution in [3.8, 4) is 0 Å². The highest BCUT2D eigenvalue weighted by Crippen LogP contribution is 1.86. The summed E-state index contributed by atoms with van der Waals surface area (Å²) in [6.07, 6.45) is 1.90. The first-order valence-electron chi connectivity index (χ1n) is 2.47. The fourth-order valence-electron chi connectivity index (χ4n) is 0.520. The standard InChI is InChI=1S/C6H8NS/c1-6-4-2-3-5-7(6)8/h2-5,8H,1H3/q+1. The van der Waals surface area contributed by atoms with Crippen LogP contribution in [0.5, 0.6) is 0 Å². The van der Waals surface area contributed by atoms with Crippen LogP contribution in [0.25, 0.3) is 0 Å². The van der Waals surface area contributed by atoms with Gasteiger partial charge in [-0.3, -0.25) is 0 Å². The average molecular weight is 126 g/mol. The van der Waals surface area contributed by atoms with Gasteiger partial charge in [-0.2, -0.15) is 0 Å². The molecule has 0 unspecified atom stereocenters. The summed E-state index contributed by atoms with van der Waals surface area (Å²) in [7, 11) is 0. The molecular formula is C6H8NS+. The highest BCUT2D eigenvalue weighted by molar-refractivity contribution is 7.73. The van der Waals surface area contributed by atoms with E-state index in [1.807, 2.05) is 31.3 Å². The van der Waals surface area contributed by atoms with Crippen LogP contribution in [0.15, 0.2) is 24.4 Å². The Morgan fingerprint density at radius 1 is 1.50 bits per heavy atom. The van der Waals surface area contributed by atoms with Gasteiger partial charge in [-0.25, -0.2) is 0 Å². The van der Waals surface area contributed by atoms with Crippen molar-refractivity contribution in [2.24, 2.45) is 0 Å². The third kappa shape index (κ3) is 1.01. The van der Waals surface area contributed by atoms with Gasteiger partial charge in [0, 0.05) is 19.1 Å². The number of hydrogen-bond acceptors (Lipinski definition) is 1. The van der Waals surface area contributed by atoms with Gasteiger partial charge in [0.25, 0.3) is 0 Å². The van der Waals surface area contributed by atoms with Crippen molar-refractivity contribution >= 4 is 12.8 Å². The molecule has 0 N–H and O–H groups in total. The average Bonchev–Trinajstić information content (AvgIpc) is 1.77. The van der Waals surface area contributed by atoms with E-state index < -0.39 is 0 Å². The lowest BCUT2D eigenvalue weighted by atomic mass is 10.4. The summed E-state index contributed by atoms with van der Waals surface area (Å²) in [5, 5.41) is 0. The molecule has 8 heavy (non-hydrogen) atoms. The van der Waals surface area contributed by atoms with Crippen molar-refractivity contribution in [3.05, 3.63) is 30.1 Å². The minimum atomic E-state index is 1.15. The number of aryl methyl sites for hydroxylation is 1. The fraction of sp³-hybridized carbons (Fsp3) is 0.167. The summed E-state index contributed by atoms with van der Waals surface area (Å²) in [4.78, 5) is 0. The number of nitrogens with zero attached hydrogens (tertiary/aromatic N) is 1. The Bertz CT molecular complexity index is 165. The van der Waals surface area contributed by atoms with Crippen LogP contribution in [0.3, 0.4) is 0 Å². The van der Waals surface area contributed by atoms with Crippen molar-refractivity contribution in [3.63, 3.8) is 0 Å². The molecule has 42 valence electrons. The summed E-state index contributed by atoms with van der Waals surface area (Å²) in [6, 6.07) is 5.94. The second kappa shape index (κ2) is 2.18. The molecule has 0 atom stereocenters. The molecule has 0 aliphatic heterocycles. The summed E-state index contributed by atoms with van der Waals surface area (Å²) >= 11 is 4.11. The van der Waals surface area contributed by atoms with E-state index in [0.717, 1.165) is 5.69 Å². The van der Waals surface area contributed by atoms with Crippen LogP contribution >= 0.6 is 12.8 Å². The lowest BCUT2D eigenvalue weighted by Crippen LogP contribution is -2.22. The predicted octanol–water partition coefficient (Wildman–Crippen LogP) is 0.975. The number of aromatic nitrogens is 1. The predicted molar refractivity (Wildman–Crippen MR) is 35.8 cm³/mol. The van der Waals surface area contributed by atoms with E-state index in [-0.39, 0.29) is 0 Å². The molecular weight excluding hydrogens is 118 g/mol. The number of thiol groups is 1. The van der Waals surface area contributed by atoms with Gasteiger partial charge in [0.2, 0.25) is 0 Å². The van der Waals surface area contributed by atoms with Crippen LogP contribution in [-0.4, -0.2) is 0 Å². The first kappa shape index (κ1) is 5.63. The number of pyridine rings is 1. The zero-order valence-electron chi connectivity index (χ0n) is 4.70. The van der Waals surface area contributed by atoms with E-state index in [1.165, 1.54) is 0 Å². The Morgan fingerprint density at radius 2 is 2.25 bits per heavy atom. The number of rotatable bonds is 0. The molecule has 0 aliphatic rings. The zero-order chi connectivity index (χ0) is 5.98. The van der Waals surface area contributed by atoms with Gasteiger partial charge < -0.3 is 0 Å². The molecule has 0 spiro atoms. The third-order valence-corrected chi connectivity index (χ3v) is 1.49. The van der Waals surface area contributed by atoms with E-state index in [0.29, 0.717) is 0 Å². The van der Waals surface area contributed by atoms with E-state index in [2.05, 4.69) is 12.8 Å².